The fraction of sp³-hybridized carbons (Fsp3) is 0.536. The lowest BCUT2D eigenvalue weighted by molar-refractivity contribution is 0.0919. The summed E-state index contributed by atoms with van der Waals surface area (Å²) in [4.78, 5) is 13.2. The molecule has 2 aromatic carbocycles. The normalized spacial score (nSPS) is 22.6. The van der Waals surface area contributed by atoms with Gasteiger partial charge in [0, 0.05) is 17.5 Å². The third kappa shape index (κ3) is 5.13. The van der Waals surface area contributed by atoms with Crippen molar-refractivity contribution in [3.05, 3.63) is 53.6 Å². The number of ether oxygens (including phenoxy) is 3. The monoisotopic (exact) mass is 449 g/mol. The SMILES string of the molecule is COc1ccc(C2CCCCC2NC(=O)c2cccc(OC(C3CC3)C3CC3)c2)cc1OC. The van der Waals surface area contributed by atoms with Crippen molar-refractivity contribution in [2.24, 2.45) is 11.8 Å². The summed E-state index contributed by atoms with van der Waals surface area (Å²) in [5.41, 5.74) is 1.86. The number of hydrogen-bond acceptors (Lipinski definition) is 4. The summed E-state index contributed by atoms with van der Waals surface area (Å²) in [5.74, 6) is 3.94. The van der Waals surface area contributed by atoms with Crippen molar-refractivity contribution in [2.75, 3.05) is 14.2 Å². The maximum atomic E-state index is 13.2. The molecule has 5 heteroatoms. The van der Waals surface area contributed by atoms with E-state index in [0.717, 1.165) is 36.5 Å². The summed E-state index contributed by atoms with van der Waals surface area (Å²) in [6, 6.07) is 13.9. The largest absolute Gasteiger partial charge is 0.493 e. The zero-order chi connectivity index (χ0) is 22.8. The molecular weight excluding hydrogens is 414 g/mol. The van der Waals surface area contributed by atoms with Gasteiger partial charge in [-0.25, -0.2) is 0 Å². The number of carbonyl (C=O) groups is 1. The molecule has 0 saturated heterocycles. The molecule has 0 bridgehead atoms. The van der Waals surface area contributed by atoms with Crippen molar-refractivity contribution < 1.29 is 19.0 Å². The second-order valence-corrected chi connectivity index (χ2v) is 9.87. The molecule has 33 heavy (non-hydrogen) atoms. The Bertz CT molecular complexity index is 970. The minimum Gasteiger partial charge on any atom is -0.493 e. The Balaban J connectivity index is 1.29. The molecule has 176 valence electrons. The minimum absolute atomic E-state index is 0.0211. The number of nitrogens with one attached hydrogen (secondary N) is 1. The zero-order valence-electron chi connectivity index (χ0n) is 19.7. The molecule has 2 atom stereocenters. The standard InChI is InChI=1S/C28H35NO4/c1-31-25-15-14-20(17-26(25)32-2)23-8-3-4-9-24(23)29-28(30)21-6-5-7-22(16-21)33-27(18-10-11-18)19-12-13-19/h5-7,14-19,23-24,27H,3-4,8-13H2,1-2H3,(H,29,30). The first-order chi connectivity index (χ1) is 16.2. The molecule has 0 aromatic heterocycles. The van der Waals surface area contributed by atoms with Gasteiger partial charge in [0.25, 0.3) is 5.91 Å². The summed E-state index contributed by atoms with van der Waals surface area (Å²) < 4.78 is 17.3. The van der Waals surface area contributed by atoms with Gasteiger partial charge in [0.2, 0.25) is 0 Å². The highest BCUT2D eigenvalue weighted by atomic mass is 16.5. The van der Waals surface area contributed by atoms with Crippen LogP contribution in [-0.2, 0) is 0 Å². The van der Waals surface area contributed by atoms with Crippen LogP contribution in [0.15, 0.2) is 42.5 Å². The highest BCUT2D eigenvalue weighted by molar-refractivity contribution is 5.94. The summed E-state index contributed by atoms with van der Waals surface area (Å²) in [6.45, 7) is 0. The Hall–Kier alpha value is -2.69. The third-order valence-electron chi connectivity index (χ3n) is 7.46. The van der Waals surface area contributed by atoms with Crippen molar-refractivity contribution in [2.45, 2.75) is 69.4 Å². The minimum atomic E-state index is -0.0211. The van der Waals surface area contributed by atoms with Crippen LogP contribution in [0.1, 0.15) is 73.2 Å². The van der Waals surface area contributed by atoms with E-state index in [1.165, 1.54) is 37.7 Å². The lowest BCUT2D eigenvalue weighted by Crippen LogP contribution is -2.41. The zero-order valence-corrected chi connectivity index (χ0v) is 19.7. The quantitative estimate of drug-likeness (QED) is 0.531. The molecule has 0 spiro atoms. The van der Waals surface area contributed by atoms with Crippen LogP contribution >= 0.6 is 0 Å². The van der Waals surface area contributed by atoms with E-state index >= 15 is 0 Å². The third-order valence-corrected chi connectivity index (χ3v) is 7.46. The smallest absolute Gasteiger partial charge is 0.251 e. The van der Waals surface area contributed by atoms with Gasteiger partial charge >= 0.3 is 0 Å². The van der Waals surface area contributed by atoms with Gasteiger partial charge in [-0.3, -0.25) is 4.79 Å². The molecule has 3 aliphatic rings. The van der Waals surface area contributed by atoms with E-state index in [2.05, 4.69) is 17.4 Å². The van der Waals surface area contributed by atoms with E-state index in [0.29, 0.717) is 23.5 Å². The van der Waals surface area contributed by atoms with E-state index < -0.39 is 0 Å². The first-order valence-corrected chi connectivity index (χ1v) is 12.5. The molecule has 3 fully saturated rings. The van der Waals surface area contributed by atoms with Gasteiger partial charge in [-0.2, -0.15) is 0 Å². The number of rotatable bonds is 9. The Labute approximate surface area is 196 Å². The Morgan fingerprint density at radius 3 is 2.30 bits per heavy atom. The number of amides is 1. The average Bonchev–Trinajstić information content (AvgIpc) is 3.77. The topological polar surface area (TPSA) is 56.8 Å². The van der Waals surface area contributed by atoms with E-state index in [1.54, 1.807) is 14.2 Å². The van der Waals surface area contributed by atoms with E-state index in [4.69, 9.17) is 14.2 Å². The Morgan fingerprint density at radius 2 is 1.61 bits per heavy atom. The lowest BCUT2D eigenvalue weighted by atomic mass is 9.79. The molecule has 2 unspecified atom stereocenters. The van der Waals surface area contributed by atoms with Crippen LogP contribution in [-0.4, -0.2) is 32.3 Å². The van der Waals surface area contributed by atoms with Crippen molar-refractivity contribution in [3.63, 3.8) is 0 Å². The van der Waals surface area contributed by atoms with Gasteiger partial charge in [-0.15, -0.1) is 0 Å². The van der Waals surface area contributed by atoms with Gasteiger partial charge < -0.3 is 19.5 Å². The van der Waals surface area contributed by atoms with Crippen LogP contribution in [0.2, 0.25) is 0 Å². The maximum Gasteiger partial charge on any atom is 0.251 e. The van der Waals surface area contributed by atoms with Crippen LogP contribution < -0.4 is 19.5 Å². The second-order valence-electron chi connectivity index (χ2n) is 9.87. The maximum absolute atomic E-state index is 13.2. The fourth-order valence-corrected chi connectivity index (χ4v) is 5.33. The number of carbonyl (C=O) groups excluding carboxylic acids is 1. The van der Waals surface area contributed by atoms with Crippen molar-refractivity contribution in [1.82, 2.24) is 5.32 Å². The Kier molecular flexibility index (Phi) is 6.48. The number of hydrogen-bond donors (Lipinski definition) is 1. The lowest BCUT2D eigenvalue weighted by Gasteiger charge is -2.33. The predicted octanol–water partition coefficient (Wildman–Crippen LogP) is 5.73. The molecule has 0 heterocycles. The first kappa shape index (κ1) is 22.1. The van der Waals surface area contributed by atoms with Crippen molar-refractivity contribution >= 4 is 5.91 Å². The second kappa shape index (κ2) is 9.66. The van der Waals surface area contributed by atoms with Gasteiger partial charge in [0.15, 0.2) is 11.5 Å². The summed E-state index contributed by atoms with van der Waals surface area (Å²) >= 11 is 0. The molecular formula is C28H35NO4. The van der Waals surface area contributed by atoms with Gasteiger partial charge in [-0.05, 0) is 86.3 Å². The highest BCUT2D eigenvalue weighted by Crippen LogP contribution is 2.46. The summed E-state index contributed by atoms with van der Waals surface area (Å²) in [5, 5.41) is 3.33. The van der Waals surface area contributed by atoms with Crippen LogP contribution in [0.25, 0.3) is 0 Å². The average molecular weight is 450 g/mol. The van der Waals surface area contributed by atoms with Gasteiger partial charge in [0.1, 0.15) is 11.9 Å². The van der Waals surface area contributed by atoms with E-state index in [1.807, 2.05) is 30.3 Å². The number of methoxy groups -OCH3 is 2. The van der Waals surface area contributed by atoms with E-state index in [9.17, 15) is 4.79 Å². The first-order valence-electron chi connectivity index (χ1n) is 12.5. The van der Waals surface area contributed by atoms with Crippen LogP contribution in [0.3, 0.4) is 0 Å². The molecule has 0 aliphatic heterocycles. The van der Waals surface area contributed by atoms with Gasteiger partial charge in [-0.1, -0.05) is 25.0 Å². The molecule has 1 N–H and O–H groups in total. The highest BCUT2D eigenvalue weighted by Gasteiger charge is 2.43. The van der Waals surface area contributed by atoms with Crippen molar-refractivity contribution in [3.8, 4) is 17.2 Å². The molecule has 5 rings (SSSR count). The predicted molar refractivity (Wildman–Crippen MR) is 128 cm³/mol. The van der Waals surface area contributed by atoms with Crippen molar-refractivity contribution in [1.29, 1.82) is 0 Å². The number of benzene rings is 2. The molecule has 0 radical (unpaired) electrons. The van der Waals surface area contributed by atoms with Gasteiger partial charge in [0.05, 0.1) is 14.2 Å². The molecule has 5 nitrogen and oxygen atoms in total. The summed E-state index contributed by atoms with van der Waals surface area (Å²) in [7, 11) is 3.31. The Morgan fingerprint density at radius 1 is 0.879 bits per heavy atom. The van der Waals surface area contributed by atoms with Crippen LogP contribution in [0, 0.1) is 11.8 Å². The fourth-order valence-electron chi connectivity index (χ4n) is 5.33. The molecule has 1 amide bonds. The molecule has 3 saturated carbocycles. The van der Waals surface area contributed by atoms with Crippen LogP contribution in [0.5, 0.6) is 17.2 Å². The molecule has 3 aliphatic carbocycles. The summed E-state index contributed by atoms with van der Waals surface area (Å²) in [6.07, 6.45) is 9.76. The van der Waals surface area contributed by atoms with E-state index in [-0.39, 0.29) is 17.9 Å². The molecule has 2 aromatic rings. The van der Waals surface area contributed by atoms with Crippen LogP contribution in [0.4, 0.5) is 0 Å².